The Labute approximate surface area is 210 Å². The second-order valence-corrected chi connectivity index (χ2v) is 9.56. The van der Waals surface area contributed by atoms with E-state index in [-0.39, 0.29) is 5.91 Å². The summed E-state index contributed by atoms with van der Waals surface area (Å²) in [6.07, 6.45) is 1.15. The van der Waals surface area contributed by atoms with Crippen LogP contribution in [0.1, 0.15) is 12.0 Å². The second kappa shape index (κ2) is 11.3. The number of amides is 1. The van der Waals surface area contributed by atoms with Gasteiger partial charge in [0.15, 0.2) is 5.13 Å². The predicted molar refractivity (Wildman–Crippen MR) is 144 cm³/mol. The maximum absolute atomic E-state index is 13.5. The Bertz CT molecular complexity index is 1230. The molecule has 0 fully saturated rings. The zero-order chi connectivity index (χ0) is 24.8. The Morgan fingerprint density at radius 3 is 2.17 bits per heavy atom. The molecule has 0 saturated carbocycles. The molecule has 0 aliphatic carbocycles. The van der Waals surface area contributed by atoms with Crippen molar-refractivity contribution in [2.24, 2.45) is 0 Å². The standard InChI is InChI=1S/C28H31N3O3S/c1-30(2)17-8-18-31(28-29-26-23(33-3)15-16-24(34-4)27(26)35-28)25(32)19-20-11-13-22(14-12-20)21-9-6-5-7-10-21/h5-7,9-16H,8,17-19H2,1-4H3. The maximum atomic E-state index is 13.5. The minimum Gasteiger partial charge on any atom is -0.495 e. The quantitative estimate of drug-likeness (QED) is 0.294. The lowest BCUT2D eigenvalue weighted by atomic mass is 10.0. The third kappa shape index (κ3) is 5.81. The first-order chi connectivity index (χ1) is 17.0. The first-order valence-corrected chi connectivity index (χ1v) is 12.4. The van der Waals surface area contributed by atoms with Gasteiger partial charge in [-0.25, -0.2) is 4.98 Å². The van der Waals surface area contributed by atoms with Gasteiger partial charge in [0.1, 0.15) is 21.7 Å². The number of nitrogens with zero attached hydrogens (tertiary/aromatic N) is 3. The minimum atomic E-state index is 0.0215. The summed E-state index contributed by atoms with van der Waals surface area (Å²) in [6, 6.07) is 22.2. The van der Waals surface area contributed by atoms with E-state index in [1.165, 1.54) is 11.3 Å². The molecule has 0 bridgehead atoms. The summed E-state index contributed by atoms with van der Waals surface area (Å²) in [5, 5.41) is 0.660. The van der Waals surface area contributed by atoms with Crippen LogP contribution < -0.4 is 14.4 Å². The number of thiazole rings is 1. The molecule has 1 amide bonds. The van der Waals surface area contributed by atoms with Crippen LogP contribution in [-0.4, -0.2) is 57.2 Å². The van der Waals surface area contributed by atoms with E-state index < -0.39 is 0 Å². The van der Waals surface area contributed by atoms with Crippen molar-refractivity contribution in [3.8, 4) is 22.6 Å². The molecule has 1 aromatic heterocycles. The Balaban J connectivity index is 1.60. The molecule has 35 heavy (non-hydrogen) atoms. The predicted octanol–water partition coefficient (Wildman–Crippen LogP) is 5.51. The van der Waals surface area contributed by atoms with Crippen molar-refractivity contribution in [2.45, 2.75) is 12.8 Å². The summed E-state index contributed by atoms with van der Waals surface area (Å²) in [5.41, 5.74) is 3.98. The van der Waals surface area contributed by atoms with Gasteiger partial charge in [0.25, 0.3) is 0 Å². The topological polar surface area (TPSA) is 54.9 Å². The van der Waals surface area contributed by atoms with E-state index in [2.05, 4.69) is 29.2 Å². The molecule has 3 aromatic carbocycles. The molecule has 0 radical (unpaired) electrons. The fourth-order valence-electron chi connectivity index (χ4n) is 3.98. The van der Waals surface area contributed by atoms with Crippen molar-refractivity contribution in [1.29, 1.82) is 0 Å². The molecular weight excluding hydrogens is 458 g/mol. The number of benzene rings is 3. The van der Waals surface area contributed by atoms with E-state index in [9.17, 15) is 4.79 Å². The monoisotopic (exact) mass is 489 g/mol. The van der Waals surface area contributed by atoms with Crippen LogP contribution in [-0.2, 0) is 11.2 Å². The molecule has 0 spiro atoms. The SMILES string of the molecule is COc1ccc(OC)c2sc(N(CCCN(C)C)C(=O)Cc3ccc(-c4ccccc4)cc3)nc12. The third-order valence-electron chi connectivity index (χ3n) is 5.83. The highest BCUT2D eigenvalue weighted by molar-refractivity contribution is 7.22. The summed E-state index contributed by atoms with van der Waals surface area (Å²) >= 11 is 1.46. The van der Waals surface area contributed by atoms with Crippen LogP contribution in [0.2, 0.25) is 0 Å². The van der Waals surface area contributed by atoms with Crippen molar-refractivity contribution >= 4 is 32.6 Å². The van der Waals surface area contributed by atoms with E-state index >= 15 is 0 Å². The number of methoxy groups -OCH3 is 2. The number of rotatable bonds is 10. The number of fused-ring (bicyclic) bond motifs is 1. The number of carbonyl (C=O) groups is 1. The average Bonchev–Trinajstić information content (AvgIpc) is 3.32. The molecule has 0 atom stereocenters. The number of hydrogen-bond acceptors (Lipinski definition) is 6. The van der Waals surface area contributed by atoms with Gasteiger partial charge in [-0.15, -0.1) is 0 Å². The average molecular weight is 490 g/mol. The molecule has 1 heterocycles. The second-order valence-electron chi connectivity index (χ2n) is 8.59. The maximum Gasteiger partial charge on any atom is 0.233 e. The highest BCUT2D eigenvalue weighted by Crippen LogP contribution is 2.40. The molecule has 0 N–H and O–H groups in total. The van der Waals surface area contributed by atoms with E-state index in [0.29, 0.717) is 29.4 Å². The van der Waals surface area contributed by atoms with Crippen LogP contribution in [0.5, 0.6) is 11.5 Å². The molecule has 7 heteroatoms. The van der Waals surface area contributed by atoms with Gasteiger partial charge in [-0.3, -0.25) is 9.69 Å². The van der Waals surface area contributed by atoms with Gasteiger partial charge in [0.05, 0.1) is 20.6 Å². The van der Waals surface area contributed by atoms with Crippen LogP contribution in [0.4, 0.5) is 5.13 Å². The lowest BCUT2D eigenvalue weighted by Gasteiger charge is -2.21. The molecule has 4 aromatic rings. The number of hydrogen-bond donors (Lipinski definition) is 0. The van der Waals surface area contributed by atoms with E-state index in [1.54, 1.807) is 19.1 Å². The van der Waals surface area contributed by atoms with Crippen molar-refractivity contribution in [3.05, 3.63) is 72.3 Å². The summed E-state index contributed by atoms with van der Waals surface area (Å²) in [4.78, 5) is 22.3. The van der Waals surface area contributed by atoms with E-state index in [4.69, 9.17) is 14.5 Å². The van der Waals surface area contributed by atoms with Gasteiger partial charge in [-0.05, 0) is 55.9 Å². The number of anilines is 1. The lowest BCUT2D eigenvalue weighted by molar-refractivity contribution is -0.118. The number of ether oxygens (including phenoxy) is 2. The first-order valence-electron chi connectivity index (χ1n) is 11.6. The van der Waals surface area contributed by atoms with E-state index in [0.717, 1.165) is 40.1 Å². The molecule has 4 rings (SSSR count). The molecule has 0 aliphatic heterocycles. The normalized spacial score (nSPS) is 11.1. The summed E-state index contributed by atoms with van der Waals surface area (Å²) < 4.78 is 11.9. The fourth-order valence-corrected chi connectivity index (χ4v) is 5.10. The van der Waals surface area contributed by atoms with Crippen molar-refractivity contribution in [1.82, 2.24) is 9.88 Å². The van der Waals surface area contributed by atoms with Crippen molar-refractivity contribution in [2.75, 3.05) is 46.3 Å². The summed E-state index contributed by atoms with van der Waals surface area (Å²) in [6.45, 7) is 1.47. The van der Waals surface area contributed by atoms with Gasteiger partial charge in [0.2, 0.25) is 5.91 Å². The van der Waals surface area contributed by atoms with Gasteiger partial charge in [-0.2, -0.15) is 0 Å². The largest absolute Gasteiger partial charge is 0.495 e. The third-order valence-corrected chi connectivity index (χ3v) is 6.93. The first kappa shape index (κ1) is 24.7. The molecule has 0 unspecified atom stereocenters. The van der Waals surface area contributed by atoms with Gasteiger partial charge >= 0.3 is 0 Å². The van der Waals surface area contributed by atoms with Gasteiger partial charge in [-0.1, -0.05) is 65.9 Å². The van der Waals surface area contributed by atoms with E-state index in [1.807, 2.05) is 56.6 Å². The lowest BCUT2D eigenvalue weighted by Crippen LogP contribution is -2.34. The smallest absolute Gasteiger partial charge is 0.233 e. The Morgan fingerprint density at radius 2 is 1.51 bits per heavy atom. The molecule has 0 aliphatic rings. The summed E-state index contributed by atoms with van der Waals surface area (Å²) in [5.74, 6) is 1.41. The van der Waals surface area contributed by atoms with Crippen LogP contribution >= 0.6 is 11.3 Å². The van der Waals surface area contributed by atoms with Crippen LogP contribution in [0.25, 0.3) is 21.3 Å². The fraction of sp³-hybridized carbons (Fsp3) is 0.286. The molecule has 6 nitrogen and oxygen atoms in total. The summed E-state index contributed by atoms with van der Waals surface area (Å²) in [7, 11) is 7.33. The molecule has 0 saturated heterocycles. The highest BCUT2D eigenvalue weighted by atomic mass is 32.1. The van der Waals surface area contributed by atoms with Crippen LogP contribution in [0.15, 0.2) is 66.7 Å². The highest BCUT2D eigenvalue weighted by Gasteiger charge is 2.22. The Morgan fingerprint density at radius 1 is 0.857 bits per heavy atom. The van der Waals surface area contributed by atoms with Crippen molar-refractivity contribution < 1.29 is 14.3 Å². The van der Waals surface area contributed by atoms with Crippen molar-refractivity contribution in [3.63, 3.8) is 0 Å². The minimum absolute atomic E-state index is 0.0215. The Kier molecular flexibility index (Phi) is 8.00. The number of aromatic nitrogens is 1. The molecule has 182 valence electrons. The van der Waals surface area contributed by atoms with Crippen LogP contribution in [0, 0.1) is 0 Å². The van der Waals surface area contributed by atoms with Crippen LogP contribution in [0.3, 0.4) is 0 Å². The molecular formula is C28H31N3O3S. The van der Waals surface area contributed by atoms with Gasteiger partial charge in [0, 0.05) is 6.54 Å². The zero-order valence-electron chi connectivity index (χ0n) is 20.7. The number of carbonyl (C=O) groups excluding carboxylic acids is 1. The zero-order valence-corrected chi connectivity index (χ0v) is 21.5. The van der Waals surface area contributed by atoms with Gasteiger partial charge < -0.3 is 14.4 Å². The Hall–Kier alpha value is -3.42.